The lowest BCUT2D eigenvalue weighted by Gasteiger charge is -2.14. The highest BCUT2D eigenvalue weighted by atomic mass is 16.5. The SMILES string of the molecule is Cc1c(Oc2ccc(C(=O)O)c(C(=O)O)c2)cccc1Oc1ccc(C(=O)O)c(C(=O)O)c1. The molecule has 4 N–H and O–H groups in total. The molecule has 0 radical (unpaired) electrons. The molecule has 0 bridgehead atoms. The Morgan fingerprint density at radius 2 is 0.939 bits per heavy atom. The molecule has 168 valence electrons. The van der Waals surface area contributed by atoms with Crippen LogP contribution in [0, 0.1) is 6.92 Å². The van der Waals surface area contributed by atoms with E-state index in [4.69, 9.17) is 19.7 Å². The van der Waals surface area contributed by atoms with E-state index in [1.807, 2.05) is 0 Å². The fourth-order valence-electron chi connectivity index (χ4n) is 2.97. The van der Waals surface area contributed by atoms with E-state index in [1.54, 1.807) is 25.1 Å². The monoisotopic (exact) mass is 452 g/mol. The second kappa shape index (κ2) is 9.10. The highest BCUT2D eigenvalue weighted by Gasteiger charge is 2.19. The van der Waals surface area contributed by atoms with Crippen molar-refractivity contribution in [3.8, 4) is 23.0 Å². The smallest absolute Gasteiger partial charge is 0.336 e. The Bertz CT molecular complexity index is 1200. The van der Waals surface area contributed by atoms with E-state index in [0.717, 1.165) is 24.3 Å². The zero-order valence-corrected chi connectivity index (χ0v) is 16.9. The Labute approximate surface area is 185 Å². The molecule has 0 saturated carbocycles. The van der Waals surface area contributed by atoms with Crippen molar-refractivity contribution in [2.45, 2.75) is 6.92 Å². The molecule has 10 nitrogen and oxygen atoms in total. The van der Waals surface area contributed by atoms with E-state index in [1.165, 1.54) is 12.1 Å². The van der Waals surface area contributed by atoms with Crippen LogP contribution in [0.2, 0.25) is 0 Å². The number of ether oxygens (including phenoxy) is 2. The summed E-state index contributed by atoms with van der Waals surface area (Å²) in [5.74, 6) is -4.93. The average molecular weight is 452 g/mol. The van der Waals surface area contributed by atoms with E-state index in [-0.39, 0.29) is 34.1 Å². The molecule has 0 aliphatic rings. The Hall–Kier alpha value is -4.86. The highest BCUT2D eigenvalue weighted by Crippen LogP contribution is 2.35. The maximum absolute atomic E-state index is 11.4. The second-order valence-corrected chi connectivity index (χ2v) is 6.72. The van der Waals surface area contributed by atoms with Gasteiger partial charge in [0.05, 0.1) is 22.3 Å². The molecule has 0 aliphatic heterocycles. The summed E-state index contributed by atoms with van der Waals surface area (Å²) < 4.78 is 11.4. The van der Waals surface area contributed by atoms with E-state index in [2.05, 4.69) is 0 Å². The number of carboxylic acid groups (broad SMARTS) is 4. The first-order valence-electron chi connectivity index (χ1n) is 9.25. The van der Waals surface area contributed by atoms with Gasteiger partial charge in [0.1, 0.15) is 23.0 Å². The summed E-state index contributed by atoms with van der Waals surface area (Å²) in [6.07, 6.45) is 0. The van der Waals surface area contributed by atoms with Crippen LogP contribution in [0.3, 0.4) is 0 Å². The topological polar surface area (TPSA) is 168 Å². The first-order chi connectivity index (χ1) is 15.6. The van der Waals surface area contributed by atoms with Crippen LogP contribution in [0.15, 0.2) is 54.6 Å². The molecular weight excluding hydrogens is 436 g/mol. The zero-order chi connectivity index (χ0) is 24.3. The number of benzene rings is 3. The molecule has 0 saturated heterocycles. The van der Waals surface area contributed by atoms with Crippen molar-refractivity contribution in [1.29, 1.82) is 0 Å². The number of hydrogen-bond donors (Lipinski definition) is 4. The van der Waals surface area contributed by atoms with Crippen molar-refractivity contribution in [2.75, 3.05) is 0 Å². The first kappa shape index (κ1) is 22.8. The van der Waals surface area contributed by atoms with Gasteiger partial charge >= 0.3 is 23.9 Å². The summed E-state index contributed by atoms with van der Waals surface area (Å²) in [4.78, 5) is 45.2. The Morgan fingerprint density at radius 3 is 1.27 bits per heavy atom. The summed E-state index contributed by atoms with van der Waals surface area (Å²) in [6, 6.07) is 11.8. The third-order valence-corrected chi connectivity index (χ3v) is 4.59. The molecule has 0 amide bonds. The number of aromatic carboxylic acids is 4. The minimum atomic E-state index is -1.43. The largest absolute Gasteiger partial charge is 0.478 e. The summed E-state index contributed by atoms with van der Waals surface area (Å²) in [6.45, 7) is 1.64. The van der Waals surface area contributed by atoms with Gasteiger partial charge in [-0.15, -0.1) is 0 Å². The van der Waals surface area contributed by atoms with E-state index < -0.39 is 35.0 Å². The fourth-order valence-corrected chi connectivity index (χ4v) is 2.97. The standard InChI is InChI=1S/C23H16O10/c1-11-18(32-12-5-7-14(20(24)25)16(9-12)22(28)29)3-2-4-19(11)33-13-6-8-15(21(26)27)17(10-13)23(30)31/h2-10H,1H3,(H,24,25)(H,26,27)(H,28,29)(H,30,31). The minimum absolute atomic E-state index is 0.0802. The van der Waals surface area contributed by atoms with Crippen molar-refractivity contribution in [3.63, 3.8) is 0 Å². The number of rotatable bonds is 8. The van der Waals surface area contributed by atoms with Crippen molar-refractivity contribution >= 4 is 23.9 Å². The molecule has 10 heteroatoms. The molecular formula is C23H16O10. The van der Waals surface area contributed by atoms with Crippen molar-refractivity contribution in [2.24, 2.45) is 0 Å². The van der Waals surface area contributed by atoms with Crippen LogP contribution in [0.5, 0.6) is 23.0 Å². The third-order valence-electron chi connectivity index (χ3n) is 4.59. The van der Waals surface area contributed by atoms with Crippen LogP contribution < -0.4 is 9.47 Å². The van der Waals surface area contributed by atoms with Gasteiger partial charge < -0.3 is 29.9 Å². The Kier molecular flexibility index (Phi) is 6.29. The molecule has 0 fully saturated rings. The van der Waals surface area contributed by atoms with Gasteiger partial charge in [0.15, 0.2) is 0 Å². The lowest BCUT2D eigenvalue weighted by Crippen LogP contribution is -2.08. The van der Waals surface area contributed by atoms with E-state index >= 15 is 0 Å². The van der Waals surface area contributed by atoms with Gasteiger partial charge in [-0.1, -0.05) is 6.07 Å². The normalized spacial score (nSPS) is 10.3. The fraction of sp³-hybridized carbons (Fsp3) is 0.0435. The summed E-state index contributed by atoms with van der Waals surface area (Å²) in [5, 5.41) is 36.8. The molecule has 33 heavy (non-hydrogen) atoms. The van der Waals surface area contributed by atoms with Crippen LogP contribution in [0.25, 0.3) is 0 Å². The van der Waals surface area contributed by atoms with Crippen LogP contribution in [-0.4, -0.2) is 44.3 Å². The lowest BCUT2D eigenvalue weighted by molar-refractivity contribution is 0.0651. The van der Waals surface area contributed by atoms with Gasteiger partial charge in [-0.05, 0) is 55.5 Å². The second-order valence-electron chi connectivity index (χ2n) is 6.72. The molecule has 3 aromatic carbocycles. The first-order valence-corrected chi connectivity index (χ1v) is 9.25. The van der Waals surface area contributed by atoms with Crippen LogP contribution in [0.1, 0.15) is 47.0 Å². The average Bonchev–Trinajstić information content (AvgIpc) is 2.76. The number of carboxylic acids is 4. The van der Waals surface area contributed by atoms with E-state index in [9.17, 15) is 29.4 Å². The van der Waals surface area contributed by atoms with Crippen molar-refractivity contribution in [1.82, 2.24) is 0 Å². The van der Waals surface area contributed by atoms with Gasteiger partial charge in [0, 0.05) is 5.56 Å². The summed E-state index contributed by atoms with van der Waals surface area (Å²) in [5.41, 5.74) is -1.18. The molecule has 3 rings (SSSR count). The molecule has 0 aromatic heterocycles. The van der Waals surface area contributed by atoms with Crippen LogP contribution in [0.4, 0.5) is 0 Å². The molecule has 0 heterocycles. The molecule has 0 unspecified atom stereocenters. The maximum Gasteiger partial charge on any atom is 0.336 e. The maximum atomic E-state index is 11.4. The van der Waals surface area contributed by atoms with E-state index in [0.29, 0.717) is 5.56 Å². The third kappa shape index (κ3) is 4.90. The van der Waals surface area contributed by atoms with Crippen molar-refractivity contribution < 1.29 is 49.1 Å². The predicted molar refractivity (Wildman–Crippen MR) is 112 cm³/mol. The Morgan fingerprint density at radius 1 is 0.576 bits per heavy atom. The predicted octanol–water partition coefficient (Wildman–Crippen LogP) is 4.37. The molecule has 0 spiro atoms. The summed E-state index contributed by atoms with van der Waals surface area (Å²) >= 11 is 0. The van der Waals surface area contributed by atoms with Gasteiger partial charge in [0.25, 0.3) is 0 Å². The van der Waals surface area contributed by atoms with Gasteiger partial charge in [0.2, 0.25) is 0 Å². The van der Waals surface area contributed by atoms with Crippen molar-refractivity contribution in [3.05, 3.63) is 82.4 Å². The molecule has 3 aromatic rings. The lowest BCUT2D eigenvalue weighted by atomic mass is 10.1. The minimum Gasteiger partial charge on any atom is -0.478 e. The van der Waals surface area contributed by atoms with Crippen LogP contribution >= 0.6 is 0 Å². The summed E-state index contributed by atoms with van der Waals surface area (Å²) in [7, 11) is 0. The number of hydrogen-bond acceptors (Lipinski definition) is 6. The van der Waals surface area contributed by atoms with Crippen LogP contribution in [-0.2, 0) is 0 Å². The number of carbonyl (C=O) groups is 4. The van der Waals surface area contributed by atoms with Gasteiger partial charge in [-0.3, -0.25) is 0 Å². The molecule has 0 aliphatic carbocycles. The highest BCUT2D eigenvalue weighted by molar-refractivity contribution is 6.02. The molecule has 0 atom stereocenters. The van der Waals surface area contributed by atoms with Gasteiger partial charge in [-0.25, -0.2) is 19.2 Å². The van der Waals surface area contributed by atoms with Gasteiger partial charge in [-0.2, -0.15) is 0 Å². The zero-order valence-electron chi connectivity index (χ0n) is 16.9. The Balaban J connectivity index is 1.92. The quantitative estimate of drug-likeness (QED) is 0.385.